The van der Waals surface area contributed by atoms with Gasteiger partial charge in [0.25, 0.3) is 0 Å². The zero-order valence-corrected chi connectivity index (χ0v) is 17.4. The molecule has 0 radical (unpaired) electrons. The van der Waals surface area contributed by atoms with E-state index < -0.39 is 33.3 Å². The molecule has 8 heteroatoms. The van der Waals surface area contributed by atoms with Gasteiger partial charge in [-0.1, -0.05) is 19.4 Å². The molecule has 3 heterocycles. The summed E-state index contributed by atoms with van der Waals surface area (Å²) in [4.78, 5) is 42.1. The smallest absolute Gasteiger partial charge is 0.308 e. The minimum absolute atomic E-state index is 0.0484. The van der Waals surface area contributed by atoms with E-state index >= 15 is 0 Å². The van der Waals surface area contributed by atoms with Crippen LogP contribution in [0.5, 0.6) is 0 Å². The normalized spacial score (nSPS) is 35.9. The lowest BCUT2D eigenvalue weighted by molar-refractivity contribution is -0.150. The topological polar surface area (TPSA) is 98.2 Å². The van der Waals surface area contributed by atoms with Gasteiger partial charge in [-0.15, -0.1) is 18.3 Å². The number of unbranched alkanes of at least 4 members (excludes halogenated alkanes) is 1. The number of aliphatic hydroxyl groups excluding tert-OH is 1. The molecule has 3 saturated heterocycles. The molecule has 3 rings (SSSR count). The molecule has 0 aromatic rings. The van der Waals surface area contributed by atoms with Crippen LogP contribution in [-0.4, -0.2) is 79.6 Å². The van der Waals surface area contributed by atoms with Crippen molar-refractivity contribution in [2.75, 3.05) is 26.2 Å². The van der Waals surface area contributed by atoms with Crippen molar-refractivity contribution in [1.29, 1.82) is 0 Å². The Morgan fingerprint density at radius 2 is 2.14 bits per heavy atom. The number of carboxylic acid groups (broad SMARTS) is 1. The van der Waals surface area contributed by atoms with Crippen molar-refractivity contribution in [3.63, 3.8) is 0 Å². The Balaban J connectivity index is 2.03. The molecule has 5 atom stereocenters. The molecule has 0 saturated carbocycles. The molecular weight excluding hydrogens is 380 g/mol. The van der Waals surface area contributed by atoms with Crippen molar-refractivity contribution < 1.29 is 24.6 Å². The summed E-state index contributed by atoms with van der Waals surface area (Å²) in [6.45, 7) is 8.47. The van der Waals surface area contributed by atoms with Crippen molar-refractivity contribution in [2.24, 2.45) is 11.8 Å². The highest BCUT2D eigenvalue weighted by molar-refractivity contribution is 8.02. The lowest BCUT2D eigenvalue weighted by Gasteiger charge is -2.37. The third kappa shape index (κ3) is 2.96. The predicted octanol–water partition coefficient (Wildman–Crippen LogP) is 1.36. The first kappa shape index (κ1) is 21.2. The van der Waals surface area contributed by atoms with E-state index in [0.717, 1.165) is 12.8 Å². The van der Waals surface area contributed by atoms with Gasteiger partial charge >= 0.3 is 5.97 Å². The second-order valence-electron chi connectivity index (χ2n) is 8.25. The molecular formula is C20H30N2O5S. The summed E-state index contributed by atoms with van der Waals surface area (Å²) >= 11 is 1.52. The maximum atomic E-state index is 13.6. The van der Waals surface area contributed by atoms with Crippen LogP contribution in [0.15, 0.2) is 12.7 Å². The largest absolute Gasteiger partial charge is 0.481 e. The van der Waals surface area contributed by atoms with Crippen LogP contribution in [0.1, 0.15) is 39.5 Å². The Morgan fingerprint density at radius 1 is 1.43 bits per heavy atom. The molecule has 2 unspecified atom stereocenters. The van der Waals surface area contributed by atoms with Crippen molar-refractivity contribution >= 4 is 29.5 Å². The highest BCUT2D eigenvalue weighted by atomic mass is 32.2. The molecule has 7 nitrogen and oxygen atoms in total. The number of carbonyl (C=O) groups excluding carboxylic acids is 2. The first-order valence-electron chi connectivity index (χ1n) is 10.0. The van der Waals surface area contributed by atoms with Crippen LogP contribution in [-0.2, 0) is 14.4 Å². The SMILES string of the molecule is C=CCN(CCCC)C(=O)C1N(CCO)C(=O)[C@@H]2[C@@H](C(=O)O)[C@@]3(C)CCC12S3. The summed E-state index contributed by atoms with van der Waals surface area (Å²) in [5.74, 6) is -2.95. The van der Waals surface area contributed by atoms with Gasteiger partial charge in [0.1, 0.15) is 6.04 Å². The van der Waals surface area contributed by atoms with Gasteiger partial charge < -0.3 is 20.0 Å². The number of fused-ring (bicyclic) bond motifs is 1. The van der Waals surface area contributed by atoms with E-state index in [-0.39, 0.29) is 25.0 Å². The molecule has 1 spiro atoms. The lowest BCUT2D eigenvalue weighted by Crippen LogP contribution is -2.55. The molecule has 2 N–H and O–H groups in total. The second kappa shape index (κ2) is 7.71. The quantitative estimate of drug-likeness (QED) is 0.557. The fraction of sp³-hybridized carbons (Fsp3) is 0.750. The van der Waals surface area contributed by atoms with E-state index in [1.807, 2.05) is 6.92 Å². The first-order chi connectivity index (χ1) is 13.3. The van der Waals surface area contributed by atoms with Gasteiger partial charge in [-0.3, -0.25) is 14.4 Å². The Morgan fingerprint density at radius 3 is 2.71 bits per heavy atom. The lowest BCUT2D eigenvalue weighted by atomic mass is 9.66. The van der Waals surface area contributed by atoms with E-state index in [9.17, 15) is 24.6 Å². The predicted molar refractivity (Wildman–Crippen MR) is 107 cm³/mol. The molecule has 28 heavy (non-hydrogen) atoms. The monoisotopic (exact) mass is 410 g/mol. The number of β-amino-alcohol motifs (C(OH)–C–C–N with tert-alkyl or cyclic N) is 1. The summed E-state index contributed by atoms with van der Waals surface area (Å²) in [7, 11) is 0. The Bertz CT molecular complexity index is 686. The fourth-order valence-corrected chi connectivity index (χ4v) is 7.74. The van der Waals surface area contributed by atoms with Gasteiger partial charge in [-0.05, 0) is 26.2 Å². The molecule has 2 amide bonds. The molecule has 156 valence electrons. The van der Waals surface area contributed by atoms with E-state index in [0.29, 0.717) is 25.9 Å². The number of thioether (sulfide) groups is 1. The minimum Gasteiger partial charge on any atom is -0.481 e. The summed E-state index contributed by atoms with van der Waals surface area (Å²) in [5.41, 5.74) is 0. The second-order valence-corrected chi connectivity index (χ2v) is 10.1. The number of hydrogen-bond acceptors (Lipinski definition) is 5. The van der Waals surface area contributed by atoms with Crippen LogP contribution in [0.2, 0.25) is 0 Å². The number of likely N-dealkylation sites (tertiary alicyclic amines) is 1. The summed E-state index contributed by atoms with van der Waals surface area (Å²) < 4.78 is -1.27. The van der Waals surface area contributed by atoms with Gasteiger partial charge in [0.15, 0.2) is 0 Å². The van der Waals surface area contributed by atoms with Crippen molar-refractivity contribution in [3.8, 4) is 0 Å². The highest BCUT2D eigenvalue weighted by Gasteiger charge is 2.77. The van der Waals surface area contributed by atoms with Gasteiger partial charge in [0, 0.05) is 24.4 Å². The number of amides is 2. The third-order valence-electron chi connectivity index (χ3n) is 6.56. The van der Waals surface area contributed by atoms with Crippen LogP contribution in [0, 0.1) is 11.8 Å². The average molecular weight is 411 g/mol. The van der Waals surface area contributed by atoms with E-state index in [2.05, 4.69) is 13.5 Å². The molecule has 3 fully saturated rings. The Labute approximate surface area is 170 Å². The van der Waals surface area contributed by atoms with Crippen LogP contribution in [0.3, 0.4) is 0 Å². The molecule has 3 aliphatic rings. The van der Waals surface area contributed by atoms with Gasteiger partial charge in [-0.25, -0.2) is 0 Å². The Kier molecular flexibility index (Phi) is 5.83. The zero-order valence-electron chi connectivity index (χ0n) is 16.6. The third-order valence-corrected chi connectivity index (χ3v) is 8.55. The highest BCUT2D eigenvalue weighted by Crippen LogP contribution is 2.71. The number of carboxylic acids is 1. The molecule has 3 aliphatic heterocycles. The summed E-state index contributed by atoms with van der Waals surface area (Å²) in [6.07, 6.45) is 4.77. The Hall–Kier alpha value is -1.54. The van der Waals surface area contributed by atoms with Crippen LogP contribution in [0.4, 0.5) is 0 Å². The number of rotatable bonds is 9. The standard InChI is InChI=1S/C20H30N2O5S/c1-4-6-10-21(9-5-2)17(25)15-20-8-7-19(3,28-20)14(18(26)27)13(20)16(24)22(15)11-12-23/h5,13-15,23H,2,4,6-12H2,1,3H3,(H,26,27)/t13-,14-,15?,19+,20?/m0/s1. The number of aliphatic carboxylic acids is 1. The van der Waals surface area contributed by atoms with E-state index in [4.69, 9.17) is 0 Å². The van der Waals surface area contributed by atoms with Gasteiger partial charge in [0.05, 0.1) is 23.2 Å². The number of hydrogen-bond donors (Lipinski definition) is 2. The first-order valence-corrected chi connectivity index (χ1v) is 10.8. The minimum atomic E-state index is -0.971. The molecule has 2 bridgehead atoms. The van der Waals surface area contributed by atoms with Gasteiger partial charge in [-0.2, -0.15) is 0 Å². The van der Waals surface area contributed by atoms with E-state index in [1.54, 1.807) is 11.0 Å². The van der Waals surface area contributed by atoms with Crippen LogP contribution >= 0.6 is 11.8 Å². The van der Waals surface area contributed by atoms with Crippen LogP contribution < -0.4 is 0 Å². The summed E-state index contributed by atoms with van der Waals surface area (Å²) in [6, 6.07) is -0.731. The van der Waals surface area contributed by atoms with Crippen molar-refractivity contribution in [2.45, 2.75) is 55.1 Å². The maximum absolute atomic E-state index is 13.6. The van der Waals surface area contributed by atoms with E-state index in [1.165, 1.54) is 16.7 Å². The zero-order chi connectivity index (χ0) is 20.7. The van der Waals surface area contributed by atoms with Gasteiger partial charge in [0.2, 0.25) is 11.8 Å². The van der Waals surface area contributed by atoms with Crippen LogP contribution in [0.25, 0.3) is 0 Å². The fourth-order valence-electron chi connectivity index (χ4n) is 5.40. The van der Waals surface area contributed by atoms with Crippen molar-refractivity contribution in [1.82, 2.24) is 9.80 Å². The summed E-state index contributed by atoms with van der Waals surface area (Å²) in [5, 5.41) is 19.4. The number of carbonyl (C=O) groups is 3. The number of aliphatic hydroxyl groups is 1. The molecule has 0 aromatic heterocycles. The maximum Gasteiger partial charge on any atom is 0.308 e. The molecule has 0 aromatic carbocycles. The number of nitrogens with zero attached hydrogens (tertiary/aromatic N) is 2. The van der Waals surface area contributed by atoms with Crippen molar-refractivity contribution in [3.05, 3.63) is 12.7 Å². The average Bonchev–Trinajstić information content (AvgIpc) is 3.20. The molecule has 0 aliphatic carbocycles.